The molecule has 41 nitrogen and oxygen atoms in total. The summed E-state index contributed by atoms with van der Waals surface area (Å²) in [5.41, 5.74) is 19.9. The molecule has 129 heavy (non-hydrogen) atoms. The highest BCUT2D eigenvalue weighted by atomic mass is 32.2. The topological polar surface area (TPSA) is 611 Å². The lowest BCUT2D eigenvalue weighted by Crippen LogP contribution is -2.61. The number of carbonyl (C=O) groups excluding carboxylic acids is 18. The Labute approximate surface area is 750 Å². The molecule has 3 aromatic carbocycles. The Bertz CT molecular complexity index is 4960. The summed E-state index contributed by atoms with van der Waals surface area (Å²) in [4.78, 5) is 273. The first-order chi connectivity index (χ1) is 61.4. The van der Waals surface area contributed by atoms with Crippen LogP contribution in [-0.4, -0.2) is 289 Å². The number of H-pyrrole nitrogens is 3. The van der Waals surface area contributed by atoms with Crippen LogP contribution in [-0.2, 0) is 112 Å². The Balaban J connectivity index is 1.25. The lowest BCUT2D eigenvalue weighted by atomic mass is 10.00. The maximum absolute atomic E-state index is 15.6. The molecule has 0 saturated carbocycles. The second kappa shape index (κ2) is 50.7. The molecule has 0 saturated heterocycles. The number of carbonyl (C=O) groups is 18. The number of rotatable bonds is 24. The van der Waals surface area contributed by atoms with Gasteiger partial charge in [-0.1, -0.05) is 126 Å². The van der Waals surface area contributed by atoms with Crippen LogP contribution in [0.4, 0.5) is 0 Å². The van der Waals surface area contributed by atoms with E-state index in [0.29, 0.717) is 63.5 Å². The van der Waals surface area contributed by atoms with Crippen molar-refractivity contribution in [1.82, 2.24) is 98.0 Å². The van der Waals surface area contributed by atoms with Gasteiger partial charge in [-0.05, 0) is 73.4 Å². The van der Waals surface area contributed by atoms with E-state index in [4.69, 9.17) is 17.2 Å². The van der Waals surface area contributed by atoms with Crippen molar-refractivity contribution in [3.8, 4) is 0 Å². The summed E-state index contributed by atoms with van der Waals surface area (Å²) in [6.45, 7) is 5.76. The van der Waals surface area contributed by atoms with Gasteiger partial charge in [-0.3, -0.25) is 86.3 Å². The zero-order valence-electron chi connectivity index (χ0n) is 73.8. The zero-order valence-corrected chi connectivity index (χ0v) is 74.6. The largest absolute Gasteiger partial charge is 0.394 e. The number of hydrogen-bond acceptors (Lipinski definition) is 21. The second-order valence-corrected chi connectivity index (χ2v) is 33.2. The predicted octanol–water partition coefficient (Wildman–Crippen LogP) is -2.45. The second-order valence-electron chi connectivity index (χ2n) is 32.1. The molecule has 1 aliphatic heterocycles. The number of aromatic amines is 3. The summed E-state index contributed by atoms with van der Waals surface area (Å²) in [5, 5.41) is 40.7. The Morgan fingerprint density at radius 2 is 1.04 bits per heavy atom. The zero-order chi connectivity index (χ0) is 94.7. The van der Waals surface area contributed by atoms with Crippen LogP contribution in [0.15, 0.2) is 116 Å². The van der Waals surface area contributed by atoms with Crippen LogP contribution in [0, 0.1) is 5.92 Å². The molecule has 18 amide bonds. The number of imidazole rings is 1. The lowest BCUT2D eigenvalue weighted by Gasteiger charge is -2.36. The van der Waals surface area contributed by atoms with Crippen LogP contribution >= 0.6 is 11.8 Å². The third kappa shape index (κ3) is 31.5. The van der Waals surface area contributed by atoms with Crippen LogP contribution in [0.25, 0.3) is 21.8 Å². The molecule has 7 rings (SSSR count). The third-order valence-corrected chi connectivity index (χ3v) is 22.7. The number of amides is 18. The molecule has 1 aliphatic rings. The summed E-state index contributed by atoms with van der Waals surface area (Å²) < 4.78 is 0. The fraction of sp³-hybridized carbons (Fsp3) is 0.483. The minimum absolute atomic E-state index is 0.0141. The summed E-state index contributed by atoms with van der Waals surface area (Å²) in [5.74, 6) is -18.1. The monoisotopic (exact) mass is 1810 g/mol. The lowest BCUT2D eigenvalue weighted by molar-refractivity contribution is -0.149. The number of aliphatic hydroxyl groups excluding tert-OH is 1. The molecular weight excluding hydrogens is 1690 g/mol. The van der Waals surface area contributed by atoms with Crippen LogP contribution < -0.4 is 75.7 Å². The third-order valence-electron chi connectivity index (χ3n) is 21.6. The van der Waals surface area contributed by atoms with Gasteiger partial charge in [0.25, 0.3) is 0 Å². The van der Waals surface area contributed by atoms with Crippen LogP contribution in [0.2, 0.25) is 0 Å². The Morgan fingerprint density at radius 1 is 0.527 bits per heavy atom. The summed E-state index contributed by atoms with van der Waals surface area (Å²) in [6.07, 6.45) is 7.38. The molecule has 6 aromatic rings. The average Bonchev–Trinajstić information content (AvgIpc) is 1.72. The molecule has 0 fully saturated rings. The number of nitrogens with zero attached hydrogens (tertiary/aromatic N) is 5. The molecule has 4 heterocycles. The van der Waals surface area contributed by atoms with Gasteiger partial charge in [-0.25, -0.2) is 4.98 Å². The molecule has 0 spiro atoms. The molecular formula is C87H120N22O19S. The molecule has 0 unspecified atom stereocenters. The fourth-order valence-corrected chi connectivity index (χ4v) is 15.3. The van der Waals surface area contributed by atoms with Gasteiger partial charge in [0.1, 0.15) is 72.5 Å². The van der Waals surface area contributed by atoms with E-state index in [-0.39, 0.29) is 70.3 Å². The minimum atomic E-state index is -1.87. The number of aromatic nitrogens is 4. The van der Waals surface area contributed by atoms with Gasteiger partial charge in [0.15, 0.2) is 0 Å². The maximum atomic E-state index is 15.6. The van der Waals surface area contributed by atoms with E-state index in [1.807, 2.05) is 6.92 Å². The number of unbranched alkanes of at least 4 members (excludes halogenated alkanes) is 2. The highest BCUT2D eigenvalue weighted by Gasteiger charge is 2.42. The number of likely N-dealkylation sites (N-methyl/N-ethyl adjacent to an activating group) is 4. The Hall–Kier alpha value is -13.5. The van der Waals surface area contributed by atoms with Crippen molar-refractivity contribution >= 4 is 140 Å². The number of nitrogens with one attached hydrogen (secondary N) is 14. The van der Waals surface area contributed by atoms with Gasteiger partial charge in [0.05, 0.1) is 44.6 Å². The molecule has 0 radical (unpaired) electrons. The van der Waals surface area contributed by atoms with Crippen molar-refractivity contribution in [3.63, 3.8) is 0 Å². The maximum Gasteiger partial charge on any atom is 0.245 e. The highest BCUT2D eigenvalue weighted by molar-refractivity contribution is 8.00. The number of nitrogens with two attached hydrogens (primary N) is 3. The SMILES string of the molecule is CCCC[C@H]1C(=O)N(C)[C@@H](CCCC)C(=O)N[C@@H](CC(N)=O)C(=O)N[C@H](C(=O)NCC(N)=O)CSCC(=O)N[C@@H](Cc2ccccc2)C(=O)N(C)[C@@H](C)C(=O)N[C@@H](CC(N)=O)C(=O)NCC/C=C/C(=O)N[C@@H](Cc2cnc[nH]2)C(=O)N[C@@H](CC(C)C)C(=O)N(C)CC(=O)N[C@@H](Cc2c[nH]c3ccccc23)C(=O)N[C@@H](CO)C(=O)N[C@@H](Cc2c[nH]c3ccccc23)C(=O)N1C. The van der Waals surface area contributed by atoms with E-state index in [1.54, 1.807) is 112 Å². The molecule has 21 N–H and O–H groups in total. The van der Waals surface area contributed by atoms with Gasteiger partial charge in [0, 0.05) is 112 Å². The number of benzene rings is 3. The quantitative estimate of drug-likeness (QED) is 0.0299. The standard InChI is InChI=1S/C87H120N22O19S/c1-10-12-29-68-83(124)101-62(39-71(89)112)81(122)105-67(78(119)95-43-72(90)113)46-129-47-75(116)99-64(34-51-23-15-14-16-24-51)85(126)107(7)50(5)76(117)100-61(38-70(88)111)77(118)92-32-22-21-31-73(114)97-60(37-54-42-91-48-96-54)80(121)102-63(33-49(3)4)84(125)106(6)44-74(115)98-59(35-52-40-93-57-27-19-17-25-55(52)57)79(120)104-66(45-110)82(123)103-65(36-53-41-94-58-28-20-18-26-56(53)58)86(127)109(9)69(30-13-11-2)87(128)108(68)8/h14-21,23-28,31,40-42,48-50,59-69,93-94,110H,10-13,22,29-30,32-39,43-47H2,1-9H3,(H2,88,111)(H2,89,112)(H2,90,113)(H,91,96)(H,92,118)(H,95,119)(H,97,114)(H,98,115)(H,99,116)(H,100,117)(H,101,124)(H,102,121)(H,103,123)(H,104,120)(H,105,122)/b31-21+/t50-,59-,60-,61-,62-,63-,64-,65-,66-,67-,68-,69-/m0/s1. The average molecular weight is 1810 g/mol. The van der Waals surface area contributed by atoms with Crippen molar-refractivity contribution in [3.05, 3.63) is 138 Å². The van der Waals surface area contributed by atoms with E-state index in [9.17, 15) is 81.8 Å². The van der Waals surface area contributed by atoms with Gasteiger partial charge in [-0.15, -0.1) is 11.8 Å². The fourth-order valence-electron chi connectivity index (χ4n) is 14.5. The predicted molar refractivity (Wildman–Crippen MR) is 476 cm³/mol. The molecule has 0 aliphatic carbocycles. The number of thioether (sulfide) groups is 1. The number of fused-ring (bicyclic) bond motifs is 2. The van der Waals surface area contributed by atoms with Crippen LogP contribution in [0.3, 0.4) is 0 Å². The minimum Gasteiger partial charge on any atom is -0.394 e. The number of aliphatic hydroxyl groups is 1. The van der Waals surface area contributed by atoms with Gasteiger partial charge >= 0.3 is 0 Å². The highest BCUT2D eigenvalue weighted by Crippen LogP contribution is 2.25. The number of primary amides is 3. The summed E-state index contributed by atoms with van der Waals surface area (Å²) in [6, 6.07) is 3.96. The van der Waals surface area contributed by atoms with Crippen LogP contribution in [0.5, 0.6) is 0 Å². The number of para-hydroxylation sites is 2. The normalized spacial score (nSPS) is 23.1. The first-order valence-electron chi connectivity index (χ1n) is 42.5. The van der Waals surface area contributed by atoms with E-state index in [0.717, 1.165) is 37.4 Å². The van der Waals surface area contributed by atoms with Gasteiger partial charge in [-0.2, -0.15) is 0 Å². The smallest absolute Gasteiger partial charge is 0.245 e. The number of hydrogen-bond donors (Lipinski definition) is 18. The van der Waals surface area contributed by atoms with Crippen molar-refractivity contribution < 1.29 is 91.4 Å². The van der Waals surface area contributed by atoms with Crippen molar-refractivity contribution in [1.29, 1.82) is 0 Å². The van der Waals surface area contributed by atoms with Crippen molar-refractivity contribution in [2.45, 2.75) is 197 Å². The van der Waals surface area contributed by atoms with Gasteiger partial charge in [0.2, 0.25) is 106 Å². The Morgan fingerprint density at radius 3 is 1.62 bits per heavy atom. The van der Waals surface area contributed by atoms with E-state index in [2.05, 4.69) is 78.4 Å². The summed E-state index contributed by atoms with van der Waals surface area (Å²) >= 11 is 0.744. The van der Waals surface area contributed by atoms with E-state index in [1.165, 1.54) is 53.7 Å². The Kier molecular flexibility index (Phi) is 40.3. The van der Waals surface area contributed by atoms with Gasteiger partial charge < -0.3 is 115 Å². The summed E-state index contributed by atoms with van der Waals surface area (Å²) in [7, 11) is 5.15. The first-order valence-corrected chi connectivity index (χ1v) is 43.7. The molecule has 0 bridgehead atoms. The molecule has 698 valence electrons. The van der Waals surface area contributed by atoms with Crippen molar-refractivity contribution in [2.24, 2.45) is 23.1 Å². The molecule has 3 aromatic heterocycles. The van der Waals surface area contributed by atoms with E-state index < -0.39 is 223 Å². The van der Waals surface area contributed by atoms with Crippen LogP contribution in [0.1, 0.15) is 121 Å². The molecule has 42 heteroatoms. The van der Waals surface area contributed by atoms with Crippen molar-refractivity contribution in [2.75, 3.05) is 65.9 Å². The molecule has 12 atom stereocenters. The van der Waals surface area contributed by atoms with E-state index >= 15 is 9.59 Å². The first kappa shape index (κ1) is 103.